The Labute approximate surface area is 165 Å². The molecule has 1 aromatic heterocycles. The van der Waals surface area contributed by atoms with Crippen LogP contribution in [-0.2, 0) is 9.53 Å². The van der Waals surface area contributed by atoms with Crippen LogP contribution in [0.3, 0.4) is 0 Å². The maximum Gasteiger partial charge on any atom is 0.315 e. The normalized spacial score (nSPS) is 19.0. The number of carbonyl (C=O) groups is 2. The lowest BCUT2D eigenvalue weighted by Gasteiger charge is -2.27. The van der Waals surface area contributed by atoms with Crippen molar-refractivity contribution in [2.75, 3.05) is 25.0 Å². The molecular weight excluding hydrogens is 356 g/mol. The number of benzene rings is 1. The monoisotopic (exact) mass is 384 g/mol. The van der Waals surface area contributed by atoms with Crippen molar-refractivity contribution in [1.82, 2.24) is 15.6 Å². The number of fused-ring (bicyclic) bond motifs is 1. The highest BCUT2D eigenvalue weighted by molar-refractivity contribution is 5.80. The third kappa shape index (κ3) is 5.58. The van der Waals surface area contributed by atoms with E-state index in [0.717, 1.165) is 42.4 Å². The number of pyridine rings is 1. The molecule has 1 aromatic carbocycles. The first-order chi connectivity index (χ1) is 13.7. The minimum absolute atomic E-state index is 0.0280. The Morgan fingerprint density at radius 3 is 2.64 bits per heavy atom. The van der Waals surface area contributed by atoms with Gasteiger partial charge >= 0.3 is 12.0 Å². The largest absolute Gasteiger partial charge is 0.466 e. The minimum Gasteiger partial charge on any atom is -0.466 e. The van der Waals surface area contributed by atoms with Crippen LogP contribution in [-0.4, -0.2) is 42.7 Å². The standard InChI is InChI=1S/C21H28N4O3/c1-2-28-20(26)16-7-10-17(11-8-16)24-21(27)23-14-13-22-19-12-9-15-5-3-4-6-18(15)25-19/h3-6,9,12,16-17H,2,7-8,10-11,13-14H2,1H3,(H,22,25)(H2,23,24,27). The summed E-state index contributed by atoms with van der Waals surface area (Å²) in [6.45, 7) is 3.33. The zero-order valence-electron chi connectivity index (χ0n) is 16.2. The van der Waals surface area contributed by atoms with E-state index in [1.807, 2.05) is 43.3 Å². The number of anilines is 1. The van der Waals surface area contributed by atoms with Crippen LogP contribution in [0.4, 0.5) is 10.6 Å². The number of urea groups is 1. The highest BCUT2D eigenvalue weighted by Crippen LogP contribution is 2.25. The zero-order valence-corrected chi connectivity index (χ0v) is 16.2. The van der Waals surface area contributed by atoms with E-state index in [1.165, 1.54) is 0 Å². The maximum absolute atomic E-state index is 12.1. The number of para-hydroxylation sites is 1. The molecule has 0 atom stereocenters. The lowest BCUT2D eigenvalue weighted by Crippen LogP contribution is -2.45. The quantitative estimate of drug-likeness (QED) is 0.504. The average molecular weight is 384 g/mol. The molecule has 1 fully saturated rings. The summed E-state index contributed by atoms with van der Waals surface area (Å²) in [6.07, 6.45) is 3.13. The van der Waals surface area contributed by atoms with Gasteiger partial charge in [-0.1, -0.05) is 18.2 Å². The van der Waals surface area contributed by atoms with Crippen molar-refractivity contribution in [2.24, 2.45) is 5.92 Å². The summed E-state index contributed by atoms with van der Waals surface area (Å²) in [4.78, 5) is 28.4. The highest BCUT2D eigenvalue weighted by atomic mass is 16.5. The third-order valence-corrected chi connectivity index (χ3v) is 5.00. The molecule has 7 heteroatoms. The van der Waals surface area contributed by atoms with E-state index in [2.05, 4.69) is 20.9 Å². The summed E-state index contributed by atoms with van der Waals surface area (Å²) >= 11 is 0. The van der Waals surface area contributed by atoms with Crippen LogP contribution in [0.25, 0.3) is 10.9 Å². The van der Waals surface area contributed by atoms with E-state index in [0.29, 0.717) is 19.7 Å². The molecule has 7 nitrogen and oxygen atoms in total. The van der Waals surface area contributed by atoms with Gasteiger partial charge in [0.15, 0.2) is 0 Å². The molecule has 0 aliphatic heterocycles. The number of ether oxygens (including phenoxy) is 1. The van der Waals surface area contributed by atoms with Crippen LogP contribution >= 0.6 is 0 Å². The van der Waals surface area contributed by atoms with Crippen molar-refractivity contribution in [3.8, 4) is 0 Å². The second-order valence-corrected chi connectivity index (χ2v) is 7.02. The van der Waals surface area contributed by atoms with Gasteiger partial charge in [0.2, 0.25) is 0 Å². The summed E-state index contributed by atoms with van der Waals surface area (Å²) in [7, 11) is 0. The van der Waals surface area contributed by atoms with Crippen molar-refractivity contribution in [1.29, 1.82) is 0 Å². The van der Waals surface area contributed by atoms with Gasteiger partial charge in [0, 0.05) is 24.5 Å². The molecule has 3 rings (SSSR count). The van der Waals surface area contributed by atoms with Gasteiger partial charge in [-0.15, -0.1) is 0 Å². The van der Waals surface area contributed by atoms with Crippen LogP contribution in [0.15, 0.2) is 36.4 Å². The maximum atomic E-state index is 12.1. The van der Waals surface area contributed by atoms with E-state index in [4.69, 9.17) is 4.74 Å². The highest BCUT2D eigenvalue weighted by Gasteiger charge is 2.27. The molecule has 1 aliphatic carbocycles. The Bertz CT molecular complexity index is 803. The molecule has 28 heavy (non-hydrogen) atoms. The smallest absolute Gasteiger partial charge is 0.315 e. The van der Waals surface area contributed by atoms with Crippen LogP contribution in [0.1, 0.15) is 32.6 Å². The number of nitrogens with zero attached hydrogens (tertiary/aromatic N) is 1. The van der Waals surface area contributed by atoms with E-state index in [1.54, 1.807) is 0 Å². The summed E-state index contributed by atoms with van der Waals surface area (Å²) in [5.74, 6) is 0.650. The number of esters is 1. The second kappa shape index (κ2) is 9.92. The fourth-order valence-electron chi connectivity index (χ4n) is 3.50. The molecule has 150 valence electrons. The summed E-state index contributed by atoms with van der Waals surface area (Å²) in [5, 5.41) is 10.2. The predicted octanol–water partition coefficient (Wildman–Crippen LogP) is 3.07. The molecule has 0 spiro atoms. The number of carbonyl (C=O) groups excluding carboxylic acids is 2. The fraction of sp³-hybridized carbons (Fsp3) is 0.476. The van der Waals surface area contributed by atoms with Crippen molar-refractivity contribution in [3.05, 3.63) is 36.4 Å². The average Bonchev–Trinajstić information content (AvgIpc) is 2.72. The second-order valence-electron chi connectivity index (χ2n) is 7.02. The summed E-state index contributed by atoms with van der Waals surface area (Å²) in [6, 6.07) is 11.9. The van der Waals surface area contributed by atoms with Gasteiger partial charge in [-0.3, -0.25) is 4.79 Å². The number of aromatic nitrogens is 1. The topological polar surface area (TPSA) is 92.3 Å². The van der Waals surface area contributed by atoms with Crippen molar-refractivity contribution < 1.29 is 14.3 Å². The number of nitrogens with one attached hydrogen (secondary N) is 3. The molecule has 0 radical (unpaired) electrons. The molecule has 2 amide bonds. The van der Waals surface area contributed by atoms with Crippen LogP contribution in [0.2, 0.25) is 0 Å². The molecule has 0 bridgehead atoms. The van der Waals surface area contributed by atoms with E-state index in [9.17, 15) is 9.59 Å². The molecule has 1 saturated carbocycles. The van der Waals surface area contributed by atoms with E-state index in [-0.39, 0.29) is 24.0 Å². The van der Waals surface area contributed by atoms with Gasteiger partial charge in [0.1, 0.15) is 5.82 Å². The van der Waals surface area contributed by atoms with Crippen LogP contribution in [0.5, 0.6) is 0 Å². The van der Waals surface area contributed by atoms with Gasteiger partial charge in [-0.25, -0.2) is 9.78 Å². The Morgan fingerprint density at radius 2 is 1.86 bits per heavy atom. The Morgan fingerprint density at radius 1 is 1.07 bits per heavy atom. The Hall–Kier alpha value is -2.83. The fourth-order valence-corrected chi connectivity index (χ4v) is 3.50. The van der Waals surface area contributed by atoms with E-state index < -0.39 is 0 Å². The number of hydrogen-bond acceptors (Lipinski definition) is 5. The van der Waals surface area contributed by atoms with Crippen molar-refractivity contribution in [3.63, 3.8) is 0 Å². The Balaban J connectivity index is 1.33. The lowest BCUT2D eigenvalue weighted by atomic mass is 9.86. The first-order valence-electron chi connectivity index (χ1n) is 9.96. The first kappa shape index (κ1) is 19.9. The summed E-state index contributed by atoms with van der Waals surface area (Å²) < 4.78 is 5.07. The van der Waals surface area contributed by atoms with Gasteiger partial charge < -0.3 is 20.7 Å². The summed E-state index contributed by atoms with van der Waals surface area (Å²) in [5.41, 5.74) is 0.941. The van der Waals surface area contributed by atoms with Crippen LogP contribution in [0, 0.1) is 5.92 Å². The molecule has 3 N–H and O–H groups in total. The van der Waals surface area contributed by atoms with Crippen LogP contribution < -0.4 is 16.0 Å². The molecule has 0 saturated heterocycles. The van der Waals surface area contributed by atoms with Crippen molar-refractivity contribution in [2.45, 2.75) is 38.6 Å². The Kier molecular flexibility index (Phi) is 7.06. The predicted molar refractivity (Wildman–Crippen MR) is 109 cm³/mol. The van der Waals surface area contributed by atoms with E-state index >= 15 is 0 Å². The number of amides is 2. The molecule has 0 unspecified atom stereocenters. The minimum atomic E-state index is -0.173. The van der Waals surface area contributed by atoms with Gasteiger partial charge in [0.25, 0.3) is 0 Å². The van der Waals surface area contributed by atoms with Gasteiger partial charge in [0.05, 0.1) is 18.0 Å². The molecular formula is C21H28N4O3. The lowest BCUT2D eigenvalue weighted by molar-refractivity contribution is -0.149. The SMILES string of the molecule is CCOC(=O)C1CCC(NC(=O)NCCNc2ccc3ccccc3n2)CC1. The first-order valence-corrected chi connectivity index (χ1v) is 9.96. The number of hydrogen-bond donors (Lipinski definition) is 3. The molecule has 1 heterocycles. The zero-order chi connectivity index (χ0) is 19.8. The van der Waals surface area contributed by atoms with Crippen molar-refractivity contribution >= 4 is 28.7 Å². The van der Waals surface area contributed by atoms with Gasteiger partial charge in [-0.2, -0.15) is 0 Å². The molecule has 2 aromatic rings. The van der Waals surface area contributed by atoms with Gasteiger partial charge in [-0.05, 0) is 50.8 Å². The number of rotatable bonds is 7. The third-order valence-electron chi connectivity index (χ3n) is 5.00. The molecule has 1 aliphatic rings.